The zero-order valence-corrected chi connectivity index (χ0v) is 23.5. The molecule has 1 aromatic heterocycles. The lowest BCUT2D eigenvalue weighted by molar-refractivity contribution is 0.0697. The number of hydrogen-bond acceptors (Lipinski definition) is 5. The van der Waals surface area contributed by atoms with Gasteiger partial charge in [0, 0.05) is 34.9 Å². The summed E-state index contributed by atoms with van der Waals surface area (Å²) in [5, 5.41) is 13.3. The second kappa shape index (κ2) is 13.1. The van der Waals surface area contributed by atoms with Gasteiger partial charge in [0.05, 0.1) is 17.0 Å². The Kier molecular flexibility index (Phi) is 9.83. The first-order valence-electron chi connectivity index (χ1n) is 13.4. The number of aromatic carboxylic acids is 1. The monoisotopic (exact) mass is 527 g/mol. The Balaban J connectivity index is 0.00000205. The predicted molar refractivity (Wildman–Crippen MR) is 158 cm³/mol. The minimum absolute atomic E-state index is 0.0968. The third-order valence-electron chi connectivity index (χ3n) is 6.44. The van der Waals surface area contributed by atoms with E-state index in [1.165, 1.54) is 6.07 Å². The Morgan fingerprint density at radius 3 is 2.26 bits per heavy atom. The second-order valence-electron chi connectivity index (χ2n) is 9.86. The van der Waals surface area contributed by atoms with Crippen LogP contribution >= 0.6 is 0 Å². The Bertz CT molecular complexity index is 1520. The summed E-state index contributed by atoms with van der Waals surface area (Å²) < 4.78 is 6.29. The quantitative estimate of drug-likeness (QED) is 0.213. The number of carbonyl (C=O) groups excluding carboxylic acids is 1. The van der Waals surface area contributed by atoms with Crippen molar-refractivity contribution in [2.45, 2.75) is 60.4 Å². The molecule has 0 spiro atoms. The van der Waals surface area contributed by atoms with Crippen molar-refractivity contribution in [3.8, 4) is 11.3 Å². The fourth-order valence-electron chi connectivity index (χ4n) is 4.39. The first-order chi connectivity index (χ1) is 18.6. The number of Topliss-reactive ketones (excluding diaryl/α,β-unsaturated/α-hetero) is 1. The molecule has 204 valence electrons. The molecule has 0 aliphatic rings. The SMILES string of the molecule is CC.Cc1cc(C(C)Nc2ccccc2C(=O)O)c2oc(-c3ccc(C(=O)CCC(C)C)cc3)cc(=O)c2c1. The number of fused-ring (bicyclic) bond motifs is 1. The van der Waals surface area contributed by atoms with E-state index in [0.717, 1.165) is 17.5 Å². The molecule has 0 saturated heterocycles. The third-order valence-corrected chi connectivity index (χ3v) is 6.44. The summed E-state index contributed by atoms with van der Waals surface area (Å²) in [6, 6.07) is 18.7. The number of carbonyl (C=O) groups is 2. The van der Waals surface area contributed by atoms with Crippen molar-refractivity contribution in [2.24, 2.45) is 5.92 Å². The van der Waals surface area contributed by atoms with Gasteiger partial charge in [-0.1, -0.05) is 70.2 Å². The number of ketones is 1. The average molecular weight is 528 g/mol. The summed E-state index contributed by atoms with van der Waals surface area (Å²) in [5.74, 6) is -0.0618. The van der Waals surface area contributed by atoms with E-state index in [-0.39, 0.29) is 22.8 Å². The molecule has 0 amide bonds. The van der Waals surface area contributed by atoms with Gasteiger partial charge in [-0.25, -0.2) is 4.79 Å². The molecular weight excluding hydrogens is 490 g/mol. The van der Waals surface area contributed by atoms with Gasteiger partial charge >= 0.3 is 5.97 Å². The van der Waals surface area contributed by atoms with E-state index in [9.17, 15) is 19.5 Å². The summed E-state index contributed by atoms with van der Waals surface area (Å²) in [7, 11) is 0. The maximum atomic E-state index is 13.1. The van der Waals surface area contributed by atoms with Crippen molar-refractivity contribution in [3.63, 3.8) is 0 Å². The van der Waals surface area contributed by atoms with Gasteiger partial charge < -0.3 is 14.8 Å². The molecule has 0 bridgehead atoms. The number of hydrogen-bond donors (Lipinski definition) is 2. The highest BCUT2D eigenvalue weighted by Gasteiger charge is 2.18. The van der Waals surface area contributed by atoms with Crippen molar-refractivity contribution < 1.29 is 19.1 Å². The molecule has 1 atom stereocenters. The number of carboxylic acid groups (broad SMARTS) is 1. The lowest BCUT2D eigenvalue weighted by atomic mass is 9.99. The van der Waals surface area contributed by atoms with E-state index in [1.807, 2.05) is 33.8 Å². The maximum Gasteiger partial charge on any atom is 0.337 e. The van der Waals surface area contributed by atoms with Crippen molar-refractivity contribution >= 4 is 28.4 Å². The number of rotatable bonds is 9. The number of nitrogens with one attached hydrogen (secondary N) is 1. The highest BCUT2D eigenvalue weighted by molar-refractivity contribution is 5.96. The van der Waals surface area contributed by atoms with Crippen molar-refractivity contribution in [1.82, 2.24) is 0 Å². The van der Waals surface area contributed by atoms with Crippen LogP contribution in [0, 0.1) is 12.8 Å². The zero-order chi connectivity index (χ0) is 28.7. The lowest BCUT2D eigenvalue weighted by Crippen LogP contribution is -2.12. The van der Waals surface area contributed by atoms with Crippen LogP contribution in [0.4, 0.5) is 5.69 Å². The van der Waals surface area contributed by atoms with Crippen molar-refractivity contribution in [1.29, 1.82) is 0 Å². The summed E-state index contributed by atoms with van der Waals surface area (Å²) in [4.78, 5) is 37.3. The summed E-state index contributed by atoms with van der Waals surface area (Å²) >= 11 is 0. The number of aryl methyl sites for hydroxylation is 1. The highest BCUT2D eigenvalue weighted by atomic mass is 16.4. The predicted octanol–water partition coefficient (Wildman–Crippen LogP) is 8.28. The van der Waals surface area contributed by atoms with Gasteiger partial charge in [-0.2, -0.15) is 0 Å². The average Bonchev–Trinajstić information content (AvgIpc) is 2.93. The Labute approximate surface area is 229 Å². The highest BCUT2D eigenvalue weighted by Crippen LogP contribution is 2.31. The fraction of sp³-hybridized carbons (Fsp3) is 0.303. The first kappa shape index (κ1) is 29.4. The Hall–Kier alpha value is -4.19. The van der Waals surface area contributed by atoms with Gasteiger partial charge in [-0.3, -0.25) is 9.59 Å². The molecule has 0 saturated carbocycles. The van der Waals surface area contributed by atoms with Crippen LogP contribution in [0.5, 0.6) is 0 Å². The van der Waals surface area contributed by atoms with E-state index in [4.69, 9.17) is 4.42 Å². The van der Waals surface area contributed by atoms with Crippen LogP contribution in [0.1, 0.15) is 85.3 Å². The van der Waals surface area contributed by atoms with Crippen LogP contribution in [0.2, 0.25) is 0 Å². The molecule has 6 nitrogen and oxygen atoms in total. The standard InChI is InChI=1S/C31H31NO5.C2H6/c1-18(2)9-14-27(33)21-10-12-22(13-11-21)29-17-28(34)25-16-19(3)15-24(30(25)37-29)20(4)32-26-8-6-5-7-23(26)31(35)36;1-2/h5-8,10-13,15-18,20,32H,9,14H2,1-4H3,(H,35,36);1-2H3. The molecule has 1 unspecified atom stereocenters. The lowest BCUT2D eigenvalue weighted by Gasteiger charge is -2.19. The summed E-state index contributed by atoms with van der Waals surface area (Å²) in [5.41, 5.74) is 3.89. The molecule has 2 N–H and O–H groups in total. The molecule has 0 fully saturated rings. The molecule has 0 aliphatic carbocycles. The van der Waals surface area contributed by atoms with E-state index >= 15 is 0 Å². The zero-order valence-electron chi connectivity index (χ0n) is 23.5. The Morgan fingerprint density at radius 2 is 1.62 bits per heavy atom. The topological polar surface area (TPSA) is 96.6 Å². The van der Waals surface area contributed by atoms with Crippen molar-refractivity contribution in [2.75, 3.05) is 5.32 Å². The molecule has 4 aromatic rings. The molecule has 39 heavy (non-hydrogen) atoms. The van der Waals surface area contributed by atoms with Gasteiger partial charge in [0.25, 0.3) is 0 Å². The fourth-order valence-corrected chi connectivity index (χ4v) is 4.39. The molecule has 3 aromatic carbocycles. The smallest absolute Gasteiger partial charge is 0.337 e. The number of carboxylic acids is 1. The molecule has 4 rings (SSSR count). The minimum Gasteiger partial charge on any atom is -0.478 e. The van der Waals surface area contributed by atoms with Crippen LogP contribution < -0.4 is 10.7 Å². The molecule has 1 heterocycles. The van der Waals surface area contributed by atoms with Gasteiger partial charge in [0.1, 0.15) is 11.3 Å². The van der Waals surface area contributed by atoms with Crippen LogP contribution in [-0.4, -0.2) is 16.9 Å². The molecular formula is C33H37NO5. The number of benzene rings is 3. The van der Waals surface area contributed by atoms with Crippen LogP contribution in [0.25, 0.3) is 22.3 Å². The second-order valence-corrected chi connectivity index (χ2v) is 9.86. The van der Waals surface area contributed by atoms with Crippen LogP contribution in [-0.2, 0) is 0 Å². The van der Waals surface area contributed by atoms with E-state index < -0.39 is 5.97 Å². The van der Waals surface area contributed by atoms with Gasteiger partial charge in [0.15, 0.2) is 11.2 Å². The molecule has 0 aliphatic heterocycles. The van der Waals surface area contributed by atoms with E-state index in [0.29, 0.717) is 45.9 Å². The largest absolute Gasteiger partial charge is 0.478 e. The summed E-state index contributed by atoms with van der Waals surface area (Å²) in [6.07, 6.45) is 1.34. The molecule has 6 heteroatoms. The normalized spacial score (nSPS) is 11.6. The van der Waals surface area contributed by atoms with Gasteiger partial charge in [-0.15, -0.1) is 0 Å². The number of para-hydroxylation sites is 1. The van der Waals surface area contributed by atoms with Gasteiger partial charge in [-0.05, 0) is 49.9 Å². The third kappa shape index (κ3) is 7.02. The first-order valence-corrected chi connectivity index (χ1v) is 13.4. The van der Waals surface area contributed by atoms with Crippen LogP contribution in [0.15, 0.2) is 75.9 Å². The molecule has 0 radical (unpaired) electrons. The summed E-state index contributed by atoms with van der Waals surface area (Å²) in [6.45, 7) is 12.0. The van der Waals surface area contributed by atoms with Gasteiger partial charge in [0.2, 0.25) is 0 Å². The van der Waals surface area contributed by atoms with Crippen molar-refractivity contribution in [3.05, 3.63) is 99.2 Å². The van der Waals surface area contributed by atoms with Crippen LogP contribution in [0.3, 0.4) is 0 Å². The minimum atomic E-state index is -1.02. The maximum absolute atomic E-state index is 13.1. The van der Waals surface area contributed by atoms with E-state index in [2.05, 4.69) is 19.2 Å². The Morgan fingerprint density at radius 1 is 0.949 bits per heavy atom. The number of anilines is 1. The van der Waals surface area contributed by atoms with E-state index in [1.54, 1.807) is 54.6 Å².